The van der Waals surface area contributed by atoms with Crippen LogP contribution in [0.15, 0.2) is 18.5 Å². The van der Waals surface area contributed by atoms with E-state index in [-0.39, 0.29) is 12.0 Å². The Morgan fingerprint density at radius 1 is 1.54 bits per heavy atom. The van der Waals surface area contributed by atoms with Gasteiger partial charge in [0, 0.05) is 38.1 Å². The first kappa shape index (κ1) is 17.1. The quantitative estimate of drug-likeness (QED) is 0.785. The van der Waals surface area contributed by atoms with Crippen molar-refractivity contribution in [2.45, 2.75) is 31.9 Å². The van der Waals surface area contributed by atoms with E-state index >= 15 is 0 Å². The summed E-state index contributed by atoms with van der Waals surface area (Å²) < 4.78 is 12.7. The highest BCUT2D eigenvalue weighted by atomic mass is 32.1. The molecule has 1 fully saturated rings. The Morgan fingerprint density at radius 2 is 2.46 bits per heavy atom. The molecule has 1 aliphatic rings. The second kappa shape index (κ2) is 8.36. The Hall–Kier alpha value is -1.77. The second-order valence-electron chi connectivity index (χ2n) is 5.64. The predicted molar refractivity (Wildman–Crippen MR) is 90.2 cm³/mol. The number of hydrogen-bond donors (Lipinski definition) is 1. The average molecular weight is 350 g/mol. The number of methoxy groups -OCH3 is 1. The third-order valence-corrected chi connectivity index (χ3v) is 5.14. The van der Waals surface area contributed by atoms with Crippen molar-refractivity contribution in [1.82, 2.24) is 20.1 Å². The summed E-state index contributed by atoms with van der Waals surface area (Å²) in [6.07, 6.45) is 4.62. The maximum Gasteiger partial charge on any atom is 0.261 e. The molecule has 3 rings (SSSR count). The van der Waals surface area contributed by atoms with Crippen LogP contribution in [0.5, 0.6) is 0 Å². The van der Waals surface area contributed by atoms with E-state index in [9.17, 15) is 4.79 Å². The first-order valence-corrected chi connectivity index (χ1v) is 8.94. The zero-order valence-corrected chi connectivity index (χ0v) is 14.6. The molecular formula is C16H22N4O3S. The van der Waals surface area contributed by atoms with Gasteiger partial charge < -0.3 is 19.4 Å². The van der Waals surface area contributed by atoms with Gasteiger partial charge in [0.15, 0.2) is 0 Å². The largest absolute Gasteiger partial charge is 0.383 e. The molecule has 2 aromatic heterocycles. The molecule has 1 amide bonds. The van der Waals surface area contributed by atoms with Crippen LogP contribution in [0.3, 0.4) is 0 Å². The van der Waals surface area contributed by atoms with Crippen LogP contribution < -0.4 is 5.32 Å². The van der Waals surface area contributed by atoms with Gasteiger partial charge >= 0.3 is 0 Å². The van der Waals surface area contributed by atoms with Crippen molar-refractivity contribution < 1.29 is 14.3 Å². The van der Waals surface area contributed by atoms with Gasteiger partial charge in [-0.15, -0.1) is 21.5 Å². The molecule has 0 radical (unpaired) electrons. The Labute approximate surface area is 145 Å². The molecule has 130 valence electrons. The third-order valence-electron chi connectivity index (χ3n) is 3.96. The first-order valence-electron chi connectivity index (χ1n) is 8.13. The lowest BCUT2D eigenvalue weighted by Gasteiger charge is -2.07. The summed E-state index contributed by atoms with van der Waals surface area (Å²) in [5.41, 5.74) is 0. The van der Waals surface area contributed by atoms with Crippen LogP contribution in [0.4, 0.5) is 0 Å². The predicted octanol–water partition coefficient (Wildman–Crippen LogP) is 1.81. The fraction of sp³-hybridized carbons (Fsp3) is 0.562. The van der Waals surface area contributed by atoms with Crippen LogP contribution >= 0.6 is 11.3 Å². The molecule has 8 heteroatoms. The average Bonchev–Trinajstić information content (AvgIpc) is 3.32. The molecule has 2 aromatic rings. The number of aromatic nitrogens is 3. The van der Waals surface area contributed by atoms with Crippen LogP contribution in [0.1, 0.15) is 39.3 Å². The minimum Gasteiger partial charge on any atom is -0.383 e. The Morgan fingerprint density at radius 3 is 3.25 bits per heavy atom. The van der Waals surface area contributed by atoms with Crippen molar-refractivity contribution >= 4 is 17.2 Å². The highest BCUT2D eigenvalue weighted by Crippen LogP contribution is 2.33. The lowest BCUT2D eigenvalue weighted by atomic mass is 10.2. The van der Waals surface area contributed by atoms with Crippen LogP contribution in [0.2, 0.25) is 0 Å². The van der Waals surface area contributed by atoms with E-state index in [2.05, 4.69) is 15.5 Å². The van der Waals surface area contributed by atoms with Gasteiger partial charge in [0.2, 0.25) is 0 Å². The molecule has 1 aliphatic heterocycles. The molecule has 0 unspecified atom stereocenters. The van der Waals surface area contributed by atoms with Crippen molar-refractivity contribution in [3.63, 3.8) is 0 Å². The van der Waals surface area contributed by atoms with E-state index in [1.807, 2.05) is 16.7 Å². The van der Waals surface area contributed by atoms with Gasteiger partial charge in [-0.05, 0) is 25.0 Å². The van der Waals surface area contributed by atoms with Gasteiger partial charge in [-0.25, -0.2) is 0 Å². The van der Waals surface area contributed by atoms with Crippen LogP contribution in [0, 0.1) is 0 Å². The lowest BCUT2D eigenvalue weighted by molar-refractivity contribution is 0.0958. The molecule has 3 heterocycles. The molecule has 1 atom stereocenters. The van der Waals surface area contributed by atoms with Gasteiger partial charge in [-0.3, -0.25) is 4.79 Å². The van der Waals surface area contributed by atoms with Crippen LogP contribution in [0.25, 0.3) is 0 Å². The topological polar surface area (TPSA) is 78.3 Å². The van der Waals surface area contributed by atoms with Crippen molar-refractivity contribution in [2.24, 2.45) is 0 Å². The smallest absolute Gasteiger partial charge is 0.261 e. The number of carbonyl (C=O) groups is 1. The summed E-state index contributed by atoms with van der Waals surface area (Å²) in [4.78, 5) is 14.1. The first-order chi connectivity index (χ1) is 11.8. The van der Waals surface area contributed by atoms with Crippen LogP contribution in [-0.4, -0.2) is 47.5 Å². The van der Waals surface area contributed by atoms with E-state index in [0.717, 1.165) is 35.0 Å². The number of nitrogens with one attached hydrogen (secondary N) is 1. The maximum atomic E-state index is 12.3. The van der Waals surface area contributed by atoms with Gasteiger partial charge in [0.1, 0.15) is 12.2 Å². The van der Waals surface area contributed by atoms with Gasteiger partial charge in [0.25, 0.3) is 5.91 Å². The van der Waals surface area contributed by atoms with E-state index in [4.69, 9.17) is 9.47 Å². The molecule has 1 N–H and O–H groups in total. The Kier molecular flexibility index (Phi) is 5.95. The van der Waals surface area contributed by atoms with Crippen molar-refractivity contribution in [2.75, 3.05) is 26.9 Å². The number of thiophene rings is 1. The van der Waals surface area contributed by atoms with Gasteiger partial charge in [-0.1, -0.05) is 0 Å². The molecule has 0 aliphatic carbocycles. The standard InChI is InChI=1S/C16H22N4O3S/c1-22-10-8-20-11-18-19-15(20)6-7-17-16(21)14-5-4-13(24-14)12-3-2-9-23-12/h4-5,11-12H,2-3,6-10H2,1H3,(H,17,21)/t12-/m1/s1. The monoisotopic (exact) mass is 350 g/mol. The number of carbonyl (C=O) groups excluding carboxylic acids is 1. The Bertz CT molecular complexity index is 664. The third kappa shape index (κ3) is 4.19. The molecule has 1 saturated heterocycles. The van der Waals surface area contributed by atoms with Crippen molar-refractivity contribution in [1.29, 1.82) is 0 Å². The number of ether oxygens (including phenoxy) is 2. The molecule has 0 aromatic carbocycles. The molecule has 0 saturated carbocycles. The van der Waals surface area contributed by atoms with E-state index in [0.29, 0.717) is 26.1 Å². The molecular weight excluding hydrogens is 328 g/mol. The molecule has 7 nitrogen and oxygen atoms in total. The van der Waals surface area contributed by atoms with Crippen molar-refractivity contribution in [3.05, 3.63) is 34.0 Å². The summed E-state index contributed by atoms with van der Waals surface area (Å²) in [6, 6.07) is 3.87. The second-order valence-corrected chi connectivity index (χ2v) is 6.76. The number of amides is 1. The summed E-state index contributed by atoms with van der Waals surface area (Å²) in [6.45, 7) is 2.66. The van der Waals surface area contributed by atoms with E-state index in [1.165, 1.54) is 11.3 Å². The number of rotatable bonds is 8. The Balaban J connectivity index is 1.48. The fourth-order valence-corrected chi connectivity index (χ4v) is 3.68. The SMILES string of the molecule is COCCn1cnnc1CCNC(=O)c1ccc([C@H]2CCCO2)s1. The minimum absolute atomic E-state index is 0.0489. The minimum atomic E-state index is -0.0489. The summed E-state index contributed by atoms with van der Waals surface area (Å²) in [7, 11) is 1.66. The fourth-order valence-electron chi connectivity index (χ4n) is 2.67. The molecule has 24 heavy (non-hydrogen) atoms. The number of hydrogen-bond acceptors (Lipinski definition) is 6. The zero-order valence-electron chi connectivity index (χ0n) is 13.7. The van der Waals surface area contributed by atoms with Crippen LogP contribution in [-0.2, 0) is 22.4 Å². The number of nitrogens with zero attached hydrogens (tertiary/aromatic N) is 3. The summed E-state index contributed by atoms with van der Waals surface area (Å²) in [5, 5.41) is 10.9. The highest BCUT2D eigenvalue weighted by molar-refractivity contribution is 7.14. The normalized spacial score (nSPS) is 17.3. The van der Waals surface area contributed by atoms with Gasteiger partial charge in [-0.2, -0.15) is 0 Å². The zero-order chi connectivity index (χ0) is 16.8. The lowest BCUT2D eigenvalue weighted by Crippen LogP contribution is -2.26. The maximum absolute atomic E-state index is 12.3. The summed E-state index contributed by atoms with van der Waals surface area (Å²) >= 11 is 1.51. The highest BCUT2D eigenvalue weighted by Gasteiger charge is 2.20. The van der Waals surface area contributed by atoms with Gasteiger partial charge in [0.05, 0.1) is 17.6 Å². The summed E-state index contributed by atoms with van der Waals surface area (Å²) in [5.74, 6) is 0.797. The molecule has 0 spiro atoms. The van der Waals surface area contributed by atoms with Crippen molar-refractivity contribution in [3.8, 4) is 0 Å². The van der Waals surface area contributed by atoms with E-state index in [1.54, 1.807) is 13.4 Å². The van der Waals surface area contributed by atoms with E-state index < -0.39 is 0 Å². The molecule has 0 bridgehead atoms.